The van der Waals surface area contributed by atoms with Gasteiger partial charge in [0.05, 0.1) is 17.9 Å². The molecule has 1 amide bonds. The highest BCUT2D eigenvalue weighted by Crippen LogP contribution is 2.41. The van der Waals surface area contributed by atoms with Crippen molar-refractivity contribution in [3.05, 3.63) is 82.9 Å². The van der Waals surface area contributed by atoms with Crippen LogP contribution in [0.25, 0.3) is 5.76 Å². The number of ketones is 1. The number of hydrogen-bond donors (Lipinski definition) is 1. The van der Waals surface area contributed by atoms with Crippen molar-refractivity contribution in [3.63, 3.8) is 0 Å². The minimum Gasteiger partial charge on any atom is -0.507 e. The van der Waals surface area contributed by atoms with Crippen molar-refractivity contribution in [3.8, 4) is 11.5 Å². The van der Waals surface area contributed by atoms with Crippen LogP contribution in [0.1, 0.15) is 23.6 Å². The van der Waals surface area contributed by atoms with Gasteiger partial charge in [0.1, 0.15) is 19.0 Å². The lowest BCUT2D eigenvalue weighted by Crippen LogP contribution is -2.31. The van der Waals surface area contributed by atoms with E-state index >= 15 is 0 Å². The number of benzene rings is 2. The maximum Gasteiger partial charge on any atom is 0.295 e. The summed E-state index contributed by atoms with van der Waals surface area (Å²) in [5.74, 6) is -0.586. The fourth-order valence-corrected chi connectivity index (χ4v) is 4.42. The fourth-order valence-electron chi connectivity index (χ4n) is 4.29. The first-order valence-electron chi connectivity index (χ1n) is 10.9. The van der Waals surface area contributed by atoms with Crippen LogP contribution in [0.3, 0.4) is 0 Å². The average molecular weight is 480 g/mol. The van der Waals surface area contributed by atoms with Gasteiger partial charge in [-0.2, -0.15) is 0 Å². The first-order valence-corrected chi connectivity index (χ1v) is 11.3. The lowest BCUT2D eigenvalue weighted by Gasteiger charge is -2.25. The van der Waals surface area contributed by atoms with E-state index < -0.39 is 17.7 Å². The van der Waals surface area contributed by atoms with Crippen molar-refractivity contribution in [1.29, 1.82) is 0 Å². The van der Waals surface area contributed by atoms with Gasteiger partial charge >= 0.3 is 0 Å². The summed E-state index contributed by atoms with van der Waals surface area (Å²) in [6, 6.07) is 11.1. The highest BCUT2D eigenvalue weighted by atomic mass is 35.5. The molecule has 2 aromatic carbocycles. The highest BCUT2D eigenvalue weighted by molar-refractivity contribution is 6.46. The molecule has 0 spiro atoms. The van der Waals surface area contributed by atoms with Gasteiger partial charge < -0.3 is 24.0 Å². The van der Waals surface area contributed by atoms with Gasteiger partial charge in [0.25, 0.3) is 11.7 Å². The van der Waals surface area contributed by atoms with E-state index in [0.29, 0.717) is 60.4 Å². The van der Waals surface area contributed by atoms with Crippen LogP contribution in [0, 0.1) is 0 Å². The Bertz CT molecular complexity index is 1250. The summed E-state index contributed by atoms with van der Waals surface area (Å²) >= 11 is 6.07. The fraction of sp³-hybridized carbons (Fsp3) is 0.240. The zero-order valence-electron chi connectivity index (χ0n) is 18.2. The molecule has 1 aromatic heterocycles. The number of likely N-dealkylation sites (tertiary alicyclic amines) is 1. The Balaban J connectivity index is 1.53. The predicted molar refractivity (Wildman–Crippen MR) is 125 cm³/mol. The lowest BCUT2D eigenvalue weighted by atomic mass is 9.95. The number of Topliss-reactive ketones (excluding diaryl/α,β-unsaturated/α-hetero) is 1. The van der Waals surface area contributed by atoms with Crippen molar-refractivity contribution in [2.24, 2.45) is 0 Å². The first-order chi connectivity index (χ1) is 16.5. The third kappa shape index (κ3) is 4.12. The van der Waals surface area contributed by atoms with Crippen LogP contribution in [0.5, 0.6) is 11.5 Å². The van der Waals surface area contributed by atoms with Crippen LogP contribution in [0.2, 0.25) is 5.02 Å². The van der Waals surface area contributed by atoms with Gasteiger partial charge in [0.2, 0.25) is 0 Å². The molecule has 9 heteroatoms. The van der Waals surface area contributed by atoms with Crippen molar-refractivity contribution in [1.82, 2.24) is 14.5 Å². The standard InChI is InChI=1S/C25H22ClN3O5/c26-18-5-2-16(3-6-18)22-21(23(30)17-4-7-19-20(14-17)34-13-12-33-19)24(31)25(32)29(22)10-1-9-28-11-8-27-15-28/h2-8,11,14-15,22,30H,1,9-10,12-13H2/t22-/m0/s1. The second kappa shape index (κ2) is 9.23. The number of carbonyl (C=O) groups excluding carboxylic acids is 2. The smallest absolute Gasteiger partial charge is 0.295 e. The molecule has 3 aromatic rings. The Kier molecular flexibility index (Phi) is 5.98. The maximum absolute atomic E-state index is 13.2. The minimum absolute atomic E-state index is 0.0339. The van der Waals surface area contributed by atoms with Crippen LogP contribution in [-0.2, 0) is 16.1 Å². The number of hydrogen-bond acceptors (Lipinski definition) is 6. The monoisotopic (exact) mass is 479 g/mol. The molecule has 0 bridgehead atoms. The molecule has 5 rings (SSSR count). The van der Waals surface area contributed by atoms with Crippen molar-refractivity contribution in [2.75, 3.05) is 19.8 Å². The zero-order valence-corrected chi connectivity index (χ0v) is 18.9. The second-order valence-electron chi connectivity index (χ2n) is 8.06. The largest absolute Gasteiger partial charge is 0.507 e. The van der Waals surface area contributed by atoms with E-state index in [1.165, 1.54) is 4.90 Å². The number of rotatable bonds is 6. The summed E-state index contributed by atoms with van der Waals surface area (Å²) in [5.41, 5.74) is 1.09. The second-order valence-corrected chi connectivity index (χ2v) is 8.49. The number of carbonyl (C=O) groups is 2. The van der Waals surface area contributed by atoms with Gasteiger partial charge in [0.15, 0.2) is 11.5 Å². The summed E-state index contributed by atoms with van der Waals surface area (Å²) in [7, 11) is 0. The Labute approximate surface area is 201 Å². The number of aryl methyl sites for hydroxylation is 1. The topological polar surface area (TPSA) is 93.9 Å². The number of ether oxygens (including phenoxy) is 2. The van der Waals surface area contributed by atoms with Crippen LogP contribution >= 0.6 is 11.6 Å². The van der Waals surface area contributed by atoms with Crippen LogP contribution in [0.15, 0.2) is 66.8 Å². The number of aliphatic hydroxyl groups is 1. The number of fused-ring (bicyclic) bond motifs is 1. The maximum atomic E-state index is 13.2. The SMILES string of the molecule is O=C1C(=O)N(CCCn2ccnc2)[C@@H](c2ccc(Cl)cc2)C1=C(O)c1ccc2c(c1)OCCO2. The molecule has 0 aliphatic carbocycles. The number of amides is 1. The van der Waals surface area contributed by atoms with E-state index in [1.807, 2.05) is 10.8 Å². The summed E-state index contributed by atoms with van der Waals surface area (Å²) in [5, 5.41) is 11.8. The van der Waals surface area contributed by atoms with Crippen molar-refractivity contribution in [2.45, 2.75) is 19.0 Å². The summed E-state index contributed by atoms with van der Waals surface area (Å²) in [6.45, 7) is 1.80. The number of aromatic nitrogens is 2. The van der Waals surface area contributed by atoms with Gasteiger partial charge in [-0.15, -0.1) is 0 Å². The van der Waals surface area contributed by atoms with E-state index in [1.54, 1.807) is 55.0 Å². The van der Waals surface area contributed by atoms with E-state index in [4.69, 9.17) is 21.1 Å². The minimum atomic E-state index is -0.742. The van der Waals surface area contributed by atoms with Gasteiger partial charge in [-0.1, -0.05) is 23.7 Å². The van der Waals surface area contributed by atoms with Gasteiger partial charge in [-0.05, 0) is 42.3 Å². The normalized spacial score (nSPS) is 19.0. The molecule has 0 saturated carbocycles. The molecule has 174 valence electrons. The van der Waals surface area contributed by atoms with Crippen molar-refractivity contribution < 1.29 is 24.2 Å². The number of imidazole rings is 1. The number of aliphatic hydroxyl groups excluding tert-OH is 1. The number of halogens is 1. The summed E-state index contributed by atoms with van der Waals surface area (Å²) in [4.78, 5) is 31.8. The van der Waals surface area contributed by atoms with Crippen LogP contribution in [0.4, 0.5) is 0 Å². The molecule has 0 radical (unpaired) electrons. The van der Waals surface area contributed by atoms with E-state index in [-0.39, 0.29) is 11.3 Å². The molecule has 1 N–H and O–H groups in total. The molecule has 1 atom stereocenters. The zero-order chi connectivity index (χ0) is 23.7. The van der Waals surface area contributed by atoms with E-state index in [9.17, 15) is 14.7 Å². The Morgan fingerprint density at radius 3 is 2.56 bits per heavy atom. The highest BCUT2D eigenvalue weighted by Gasteiger charge is 2.45. The van der Waals surface area contributed by atoms with Crippen LogP contribution < -0.4 is 9.47 Å². The molecule has 34 heavy (non-hydrogen) atoms. The number of nitrogens with zero attached hydrogens (tertiary/aromatic N) is 3. The predicted octanol–water partition coefficient (Wildman–Crippen LogP) is 3.82. The van der Waals surface area contributed by atoms with E-state index in [2.05, 4.69) is 4.98 Å². The molecule has 1 saturated heterocycles. The van der Waals surface area contributed by atoms with Gasteiger partial charge in [0, 0.05) is 36.1 Å². The van der Waals surface area contributed by atoms with Gasteiger partial charge in [-0.3, -0.25) is 9.59 Å². The summed E-state index contributed by atoms with van der Waals surface area (Å²) in [6.07, 6.45) is 5.84. The third-order valence-corrected chi connectivity index (χ3v) is 6.17. The first kappa shape index (κ1) is 22.0. The Morgan fingerprint density at radius 1 is 1.06 bits per heavy atom. The average Bonchev–Trinajstić information content (AvgIpc) is 3.46. The van der Waals surface area contributed by atoms with Crippen molar-refractivity contribution >= 4 is 29.1 Å². The molecule has 8 nitrogen and oxygen atoms in total. The quantitative estimate of drug-likeness (QED) is 0.328. The lowest BCUT2D eigenvalue weighted by molar-refractivity contribution is -0.139. The third-order valence-electron chi connectivity index (χ3n) is 5.92. The molecule has 2 aliphatic rings. The molecular weight excluding hydrogens is 458 g/mol. The molecule has 3 heterocycles. The molecule has 2 aliphatic heterocycles. The molecular formula is C25H22ClN3O5. The molecule has 1 fully saturated rings. The summed E-state index contributed by atoms with van der Waals surface area (Å²) < 4.78 is 13.1. The molecule has 0 unspecified atom stereocenters. The van der Waals surface area contributed by atoms with Crippen LogP contribution in [-0.4, -0.2) is 51.0 Å². The Morgan fingerprint density at radius 2 is 1.82 bits per heavy atom. The van der Waals surface area contributed by atoms with Gasteiger partial charge in [-0.25, -0.2) is 4.98 Å². The Hall–Kier alpha value is -3.78. The van der Waals surface area contributed by atoms with E-state index in [0.717, 1.165) is 0 Å².